The van der Waals surface area contributed by atoms with Gasteiger partial charge in [0.2, 0.25) is 0 Å². The lowest BCUT2D eigenvalue weighted by Gasteiger charge is -2.07. The summed E-state index contributed by atoms with van der Waals surface area (Å²) < 4.78 is 9.71. The fourth-order valence-electron chi connectivity index (χ4n) is 0.920. The van der Waals surface area contributed by atoms with Crippen LogP contribution >= 0.6 is 0 Å². The van der Waals surface area contributed by atoms with Crippen molar-refractivity contribution < 1.29 is 18.7 Å². The molecule has 1 aromatic heterocycles. The molecular formula is C10H13NO4. The van der Waals surface area contributed by atoms with Gasteiger partial charge in [-0.15, -0.1) is 0 Å². The summed E-state index contributed by atoms with van der Waals surface area (Å²) in [4.78, 5) is 22.3. The summed E-state index contributed by atoms with van der Waals surface area (Å²) in [5.74, 6) is -1.23. The van der Waals surface area contributed by atoms with E-state index in [9.17, 15) is 9.59 Å². The van der Waals surface area contributed by atoms with Gasteiger partial charge in [-0.2, -0.15) is 0 Å². The number of hydrogen-bond acceptors (Lipinski definition) is 4. The molecule has 0 aliphatic heterocycles. The van der Waals surface area contributed by atoms with Gasteiger partial charge in [0.05, 0.1) is 5.92 Å². The molecule has 0 saturated carbocycles. The Kier molecular flexibility index (Phi) is 3.49. The van der Waals surface area contributed by atoms with Crippen LogP contribution in [0.1, 0.15) is 30.6 Å². The van der Waals surface area contributed by atoms with E-state index in [0.29, 0.717) is 6.42 Å². The van der Waals surface area contributed by atoms with Crippen LogP contribution in [-0.2, 0) is 4.79 Å². The van der Waals surface area contributed by atoms with E-state index in [2.05, 4.69) is 0 Å². The molecule has 1 unspecified atom stereocenters. The molecule has 1 aromatic rings. The Morgan fingerprint density at radius 1 is 1.53 bits per heavy atom. The van der Waals surface area contributed by atoms with Gasteiger partial charge in [-0.3, -0.25) is 9.59 Å². The van der Waals surface area contributed by atoms with Crippen molar-refractivity contribution in [2.75, 3.05) is 0 Å². The van der Waals surface area contributed by atoms with E-state index in [1.807, 2.05) is 6.92 Å². The maximum atomic E-state index is 11.4. The lowest BCUT2D eigenvalue weighted by Crippen LogP contribution is -2.19. The number of furan rings is 1. The van der Waals surface area contributed by atoms with Gasteiger partial charge in [-0.05, 0) is 6.42 Å². The third-order valence-corrected chi connectivity index (χ3v) is 2.12. The summed E-state index contributed by atoms with van der Waals surface area (Å²) >= 11 is 0. The van der Waals surface area contributed by atoms with Crippen molar-refractivity contribution in [3.63, 3.8) is 0 Å². The third-order valence-electron chi connectivity index (χ3n) is 2.12. The minimum absolute atomic E-state index is 0.0756. The lowest BCUT2D eigenvalue weighted by molar-refractivity contribution is -0.138. The summed E-state index contributed by atoms with van der Waals surface area (Å²) in [5.41, 5.74) is 5.13. The van der Waals surface area contributed by atoms with Crippen molar-refractivity contribution in [1.82, 2.24) is 0 Å². The molecule has 1 amide bonds. The minimum Gasteiger partial charge on any atom is -0.468 e. The highest BCUT2D eigenvalue weighted by molar-refractivity contribution is 5.96. The molecule has 0 bridgehead atoms. The van der Waals surface area contributed by atoms with Crippen molar-refractivity contribution in [2.24, 2.45) is 11.7 Å². The van der Waals surface area contributed by atoms with Crippen LogP contribution in [0.2, 0.25) is 0 Å². The van der Waals surface area contributed by atoms with Crippen molar-refractivity contribution in [1.29, 1.82) is 0 Å². The second kappa shape index (κ2) is 4.63. The van der Waals surface area contributed by atoms with Crippen LogP contribution in [0.4, 0.5) is 0 Å². The highest BCUT2D eigenvalue weighted by Gasteiger charge is 2.18. The van der Waals surface area contributed by atoms with Gasteiger partial charge in [0.25, 0.3) is 5.91 Å². The maximum absolute atomic E-state index is 11.4. The zero-order valence-corrected chi connectivity index (χ0v) is 8.65. The Labute approximate surface area is 87.2 Å². The van der Waals surface area contributed by atoms with Gasteiger partial charge in [-0.25, -0.2) is 0 Å². The highest BCUT2D eigenvalue weighted by atomic mass is 16.5. The first kappa shape index (κ1) is 11.3. The van der Waals surface area contributed by atoms with Crippen LogP contribution in [-0.4, -0.2) is 11.9 Å². The molecule has 1 heterocycles. The van der Waals surface area contributed by atoms with Gasteiger partial charge < -0.3 is 14.9 Å². The number of esters is 1. The Morgan fingerprint density at radius 2 is 2.20 bits per heavy atom. The van der Waals surface area contributed by atoms with E-state index in [-0.39, 0.29) is 17.2 Å². The van der Waals surface area contributed by atoms with Crippen LogP contribution in [0.15, 0.2) is 16.9 Å². The van der Waals surface area contributed by atoms with Gasteiger partial charge in [0.1, 0.15) is 18.1 Å². The molecule has 0 aromatic carbocycles. The number of carbonyl (C=O) groups is 2. The first-order valence-corrected chi connectivity index (χ1v) is 4.64. The summed E-state index contributed by atoms with van der Waals surface area (Å²) in [5, 5.41) is 0. The normalized spacial score (nSPS) is 12.1. The quantitative estimate of drug-likeness (QED) is 0.761. The number of hydrogen-bond donors (Lipinski definition) is 1. The van der Waals surface area contributed by atoms with E-state index >= 15 is 0 Å². The standard InChI is InChI=1S/C10H13NO4/c1-3-6(2)10(13)15-8-5-14-4-7(8)9(11)12/h4-6H,3H2,1-2H3,(H2,11,12). The van der Waals surface area contributed by atoms with Crippen molar-refractivity contribution >= 4 is 11.9 Å². The zero-order valence-electron chi connectivity index (χ0n) is 8.65. The number of rotatable bonds is 4. The number of ether oxygens (including phenoxy) is 1. The third kappa shape index (κ3) is 2.59. The van der Waals surface area contributed by atoms with E-state index in [1.165, 1.54) is 6.26 Å². The first-order valence-electron chi connectivity index (χ1n) is 4.64. The lowest BCUT2D eigenvalue weighted by atomic mass is 10.1. The molecule has 82 valence electrons. The Balaban J connectivity index is 2.76. The molecule has 0 spiro atoms. The predicted molar refractivity (Wildman–Crippen MR) is 52.3 cm³/mol. The molecule has 0 radical (unpaired) electrons. The van der Waals surface area contributed by atoms with E-state index in [4.69, 9.17) is 14.9 Å². The average molecular weight is 211 g/mol. The maximum Gasteiger partial charge on any atom is 0.314 e. The van der Waals surface area contributed by atoms with Crippen LogP contribution < -0.4 is 10.5 Å². The van der Waals surface area contributed by atoms with Crippen LogP contribution in [0.25, 0.3) is 0 Å². The first-order chi connectivity index (χ1) is 7.06. The molecule has 5 heteroatoms. The Morgan fingerprint density at radius 3 is 2.73 bits per heavy atom. The van der Waals surface area contributed by atoms with Crippen LogP contribution in [0.3, 0.4) is 0 Å². The number of carbonyl (C=O) groups excluding carboxylic acids is 2. The smallest absolute Gasteiger partial charge is 0.314 e. The number of nitrogens with two attached hydrogens (primary N) is 1. The molecule has 1 atom stereocenters. The highest BCUT2D eigenvalue weighted by Crippen LogP contribution is 2.20. The Hall–Kier alpha value is -1.78. The van der Waals surface area contributed by atoms with Crippen molar-refractivity contribution in [3.05, 3.63) is 18.1 Å². The summed E-state index contributed by atoms with van der Waals surface area (Å²) in [7, 11) is 0. The SMILES string of the molecule is CCC(C)C(=O)Oc1cocc1C(N)=O. The average Bonchev–Trinajstić information content (AvgIpc) is 2.64. The topological polar surface area (TPSA) is 82.5 Å². The summed E-state index contributed by atoms with van der Waals surface area (Å²) in [6.45, 7) is 3.61. The molecule has 2 N–H and O–H groups in total. The molecule has 0 aliphatic rings. The molecule has 5 nitrogen and oxygen atoms in total. The van der Waals surface area contributed by atoms with Gasteiger partial charge in [-0.1, -0.05) is 13.8 Å². The van der Waals surface area contributed by atoms with Gasteiger partial charge in [0, 0.05) is 0 Å². The Bertz CT molecular complexity index is 369. The fourth-order valence-corrected chi connectivity index (χ4v) is 0.920. The van der Waals surface area contributed by atoms with Gasteiger partial charge in [0.15, 0.2) is 5.75 Å². The number of amides is 1. The van der Waals surface area contributed by atoms with E-state index in [0.717, 1.165) is 6.26 Å². The molecule has 0 saturated heterocycles. The monoisotopic (exact) mass is 211 g/mol. The molecular weight excluding hydrogens is 198 g/mol. The fraction of sp³-hybridized carbons (Fsp3) is 0.400. The van der Waals surface area contributed by atoms with E-state index < -0.39 is 11.9 Å². The van der Waals surface area contributed by atoms with E-state index in [1.54, 1.807) is 6.92 Å². The summed E-state index contributed by atoms with van der Waals surface area (Å²) in [6, 6.07) is 0. The molecule has 0 aliphatic carbocycles. The molecule has 0 fully saturated rings. The zero-order chi connectivity index (χ0) is 11.4. The second-order valence-corrected chi connectivity index (χ2v) is 3.24. The predicted octanol–water partition coefficient (Wildman–Crippen LogP) is 1.33. The van der Waals surface area contributed by atoms with Gasteiger partial charge >= 0.3 is 5.97 Å². The number of primary amides is 1. The molecule has 15 heavy (non-hydrogen) atoms. The second-order valence-electron chi connectivity index (χ2n) is 3.24. The minimum atomic E-state index is -0.685. The van der Waals surface area contributed by atoms with Crippen molar-refractivity contribution in [3.8, 4) is 5.75 Å². The van der Waals surface area contributed by atoms with Crippen molar-refractivity contribution in [2.45, 2.75) is 20.3 Å². The largest absolute Gasteiger partial charge is 0.468 e. The van der Waals surface area contributed by atoms with Crippen LogP contribution in [0, 0.1) is 5.92 Å². The van der Waals surface area contributed by atoms with Crippen LogP contribution in [0.5, 0.6) is 5.75 Å². The summed E-state index contributed by atoms with van der Waals surface area (Å²) in [6.07, 6.45) is 3.00. The molecule has 1 rings (SSSR count).